The summed E-state index contributed by atoms with van der Waals surface area (Å²) in [4.78, 5) is 16.9. The third kappa shape index (κ3) is 4.01. The van der Waals surface area contributed by atoms with Crippen LogP contribution in [0.4, 0.5) is 0 Å². The lowest BCUT2D eigenvalue weighted by molar-refractivity contribution is -0.133. The number of methoxy groups -OCH3 is 1. The number of nitrogens with zero attached hydrogens (tertiary/aromatic N) is 2. The highest BCUT2D eigenvalue weighted by molar-refractivity contribution is 5.78. The third-order valence-corrected chi connectivity index (χ3v) is 4.66. The summed E-state index contributed by atoms with van der Waals surface area (Å²) in [5.41, 5.74) is 1.25. The Balaban J connectivity index is 1.58. The maximum atomic E-state index is 12.5. The molecule has 0 spiro atoms. The maximum Gasteiger partial charge on any atom is 0.236 e. The van der Waals surface area contributed by atoms with E-state index in [1.54, 1.807) is 7.11 Å². The van der Waals surface area contributed by atoms with Crippen LogP contribution >= 0.6 is 0 Å². The Morgan fingerprint density at radius 3 is 2.45 bits per heavy atom. The van der Waals surface area contributed by atoms with Gasteiger partial charge in [0.25, 0.3) is 0 Å². The highest BCUT2D eigenvalue weighted by Crippen LogP contribution is 2.28. The first-order valence-corrected chi connectivity index (χ1v) is 8.41. The molecule has 120 valence electrons. The average molecular weight is 302 g/mol. The van der Waals surface area contributed by atoms with Gasteiger partial charge < -0.3 is 9.64 Å². The van der Waals surface area contributed by atoms with Gasteiger partial charge >= 0.3 is 0 Å². The van der Waals surface area contributed by atoms with Crippen molar-refractivity contribution in [3.63, 3.8) is 0 Å². The zero-order chi connectivity index (χ0) is 15.4. The van der Waals surface area contributed by atoms with Crippen LogP contribution in [-0.2, 0) is 11.3 Å². The maximum absolute atomic E-state index is 12.5. The highest BCUT2D eigenvalue weighted by Gasteiger charge is 2.31. The molecule has 1 saturated carbocycles. The Kier molecular flexibility index (Phi) is 4.98. The van der Waals surface area contributed by atoms with Crippen molar-refractivity contribution >= 4 is 5.91 Å². The number of hydrogen-bond donors (Lipinski definition) is 0. The molecule has 4 heteroatoms. The Morgan fingerprint density at radius 1 is 1.18 bits per heavy atom. The highest BCUT2D eigenvalue weighted by atomic mass is 16.5. The topological polar surface area (TPSA) is 32.8 Å². The quantitative estimate of drug-likeness (QED) is 0.810. The number of carbonyl (C=O) groups excluding carboxylic acids is 1. The lowest BCUT2D eigenvalue weighted by Crippen LogP contribution is -2.43. The van der Waals surface area contributed by atoms with Crippen molar-refractivity contribution < 1.29 is 9.53 Å². The van der Waals surface area contributed by atoms with Gasteiger partial charge in [0, 0.05) is 25.7 Å². The number of hydrogen-bond acceptors (Lipinski definition) is 3. The Morgan fingerprint density at radius 2 is 1.86 bits per heavy atom. The van der Waals surface area contributed by atoms with Crippen molar-refractivity contribution in [2.45, 2.75) is 44.7 Å². The van der Waals surface area contributed by atoms with E-state index in [4.69, 9.17) is 4.74 Å². The molecule has 0 aromatic heterocycles. The van der Waals surface area contributed by atoms with Gasteiger partial charge in [-0.1, -0.05) is 12.1 Å². The van der Waals surface area contributed by atoms with Gasteiger partial charge in [-0.15, -0.1) is 0 Å². The second kappa shape index (κ2) is 7.14. The molecule has 1 aliphatic heterocycles. The fourth-order valence-electron chi connectivity index (χ4n) is 3.14. The van der Waals surface area contributed by atoms with Crippen LogP contribution in [0.25, 0.3) is 0 Å². The van der Waals surface area contributed by atoms with Crippen molar-refractivity contribution in [1.29, 1.82) is 0 Å². The van der Waals surface area contributed by atoms with Crippen LogP contribution in [0.2, 0.25) is 0 Å². The van der Waals surface area contributed by atoms with Gasteiger partial charge in [0.05, 0.1) is 13.7 Å². The van der Waals surface area contributed by atoms with E-state index in [-0.39, 0.29) is 0 Å². The fraction of sp³-hybridized carbons (Fsp3) is 0.611. The minimum absolute atomic E-state index is 0.306. The van der Waals surface area contributed by atoms with Crippen LogP contribution in [0, 0.1) is 0 Å². The molecule has 1 saturated heterocycles. The minimum Gasteiger partial charge on any atom is -0.497 e. The standard InChI is InChI=1S/C18H26N2O2/c1-22-17-9-5-15(6-10-17)13-20(16-7-8-16)14-18(21)19-11-3-2-4-12-19/h5-6,9-10,16H,2-4,7-8,11-14H2,1H3. The van der Waals surface area contributed by atoms with Gasteiger partial charge in [0.1, 0.15) is 5.75 Å². The Labute approximate surface area is 133 Å². The molecule has 4 nitrogen and oxygen atoms in total. The van der Waals surface area contributed by atoms with E-state index in [2.05, 4.69) is 17.0 Å². The van der Waals surface area contributed by atoms with Gasteiger partial charge in [-0.3, -0.25) is 9.69 Å². The van der Waals surface area contributed by atoms with E-state index in [0.717, 1.165) is 38.2 Å². The molecule has 1 amide bonds. The van der Waals surface area contributed by atoms with E-state index >= 15 is 0 Å². The van der Waals surface area contributed by atoms with Crippen molar-refractivity contribution in [3.05, 3.63) is 29.8 Å². The molecule has 0 bridgehead atoms. The molecule has 0 radical (unpaired) electrons. The number of ether oxygens (including phenoxy) is 1. The first-order chi connectivity index (χ1) is 10.8. The Bertz CT molecular complexity index is 490. The molecule has 2 fully saturated rings. The average Bonchev–Trinajstić information content (AvgIpc) is 3.40. The van der Waals surface area contributed by atoms with Crippen LogP contribution in [-0.4, -0.2) is 48.5 Å². The van der Waals surface area contributed by atoms with Crippen LogP contribution in [0.5, 0.6) is 5.75 Å². The largest absolute Gasteiger partial charge is 0.497 e. The number of likely N-dealkylation sites (tertiary alicyclic amines) is 1. The molecule has 0 atom stereocenters. The van der Waals surface area contributed by atoms with Crippen LogP contribution < -0.4 is 4.74 Å². The number of benzene rings is 1. The molecule has 1 aromatic carbocycles. The number of amides is 1. The summed E-state index contributed by atoms with van der Waals surface area (Å²) in [5.74, 6) is 1.19. The van der Waals surface area contributed by atoms with Gasteiger partial charge in [-0.25, -0.2) is 0 Å². The number of carbonyl (C=O) groups is 1. The predicted molar refractivity (Wildman–Crippen MR) is 86.9 cm³/mol. The molecule has 0 N–H and O–H groups in total. The SMILES string of the molecule is COc1ccc(CN(CC(=O)N2CCCCC2)C2CC2)cc1. The Hall–Kier alpha value is -1.55. The zero-order valence-electron chi connectivity index (χ0n) is 13.5. The van der Waals surface area contributed by atoms with E-state index in [1.165, 1.54) is 24.8 Å². The van der Waals surface area contributed by atoms with Crippen LogP contribution in [0.15, 0.2) is 24.3 Å². The summed E-state index contributed by atoms with van der Waals surface area (Å²) in [6, 6.07) is 8.77. The summed E-state index contributed by atoms with van der Waals surface area (Å²) >= 11 is 0. The van der Waals surface area contributed by atoms with Crippen molar-refractivity contribution in [2.24, 2.45) is 0 Å². The number of rotatable bonds is 6. The van der Waals surface area contributed by atoms with Crippen molar-refractivity contribution in [3.8, 4) is 5.75 Å². The predicted octanol–water partition coefficient (Wildman–Crippen LogP) is 2.67. The fourth-order valence-corrected chi connectivity index (χ4v) is 3.14. The summed E-state index contributed by atoms with van der Waals surface area (Å²) in [5, 5.41) is 0. The normalized spacial score (nSPS) is 18.5. The summed E-state index contributed by atoms with van der Waals surface area (Å²) < 4.78 is 5.20. The van der Waals surface area contributed by atoms with E-state index in [1.807, 2.05) is 17.0 Å². The molecule has 22 heavy (non-hydrogen) atoms. The van der Waals surface area contributed by atoms with E-state index in [0.29, 0.717) is 18.5 Å². The van der Waals surface area contributed by atoms with Gasteiger partial charge in [-0.2, -0.15) is 0 Å². The summed E-state index contributed by atoms with van der Waals surface area (Å²) in [6.07, 6.45) is 6.04. The molecule has 0 unspecified atom stereocenters. The van der Waals surface area contributed by atoms with Gasteiger partial charge in [0.15, 0.2) is 0 Å². The summed E-state index contributed by atoms with van der Waals surface area (Å²) in [6.45, 7) is 3.31. The summed E-state index contributed by atoms with van der Waals surface area (Å²) in [7, 11) is 1.68. The second-order valence-electron chi connectivity index (χ2n) is 6.43. The minimum atomic E-state index is 0.306. The molecule has 1 aromatic rings. The molecular weight excluding hydrogens is 276 g/mol. The number of piperidine rings is 1. The zero-order valence-corrected chi connectivity index (χ0v) is 13.5. The van der Waals surface area contributed by atoms with Crippen molar-refractivity contribution in [1.82, 2.24) is 9.80 Å². The molecule has 2 aliphatic rings. The molecule has 3 rings (SSSR count). The lowest BCUT2D eigenvalue weighted by Gasteiger charge is -2.30. The lowest BCUT2D eigenvalue weighted by atomic mass is 10.1. The van der Waals surface area contributed by atoms with Crippen LogP contribution in [0.3, 0.4) is 0 Å². The van der Waals surface area contributed by atoms with Crippen molar-refractivity contribution in [2.75, 3.05) is 26.7 Å². The third-order valence-electron chi connectivity index (χ3n) is 4.66. The monoisotopic (exact) mass is 302 g/mol. The molecular formula is C18H26N2O2. The molecule has 1 aliphatic carbocycles. The smallest absolute Gasteiger partial charge is 0.236 e. The first-order valence-electron chi connectivity index (χ1n) is 8.41. The van der Waals surface area contributed by atoms with Gasteiger partial charge in [0.2, 0.25) is 5.91 Å². The first kappa shape index (κ1) is 15.3. The van der Waals surface area contributed by atoms with Crippen LogP contribution in [0.1, 0.15) is 37.7 Å². The second-order valence-corrected chi connectivity index (χ2v) is 6.43. The molecule has 1 heterocycles. The van der Waals surface area contributed by atoms with Gasteiger partial charge in [-0.05, 0) is 49.8 Å². The van der Waals surface area contributed by atoms with E-state index in [9.17, 15) is 4.79 Å². The van der Waals surface area contributed by atoms with E-state index < -0.39 is 0 Å².